The second kappa shape index (κ2) is 4.24. The third-order valence-electron chi connectivity index (χ3n) is 1.27. The summed E-state index contributed by atoms with van der Waals surface area (Å²) in [6, 6.07) is 5.94. The lowest BCUT2D eigenvalue weighted by Gasteiger charge is -2.02. The monoisotopic (exact) mass is 372 g/mol. The number of nitrogens with one attached hydrogen (secondary N) is 2. The molecule has 1 aromatic rings. The zero-order chi connectivity index (χ0) is 8.27. The lowest BCUT2D eigenvalue weighted by atomic mass is 10.2. The Bertz CT molecular complexity index is 273. The summed E-state index contributed by atoms with van der Waals surface area (Å²) < 4.78 is 4.14. The van der Waals surface area contributed by atoms with Gasteiger partial charge >= 0.3 is 0 Å². The van der Waals surface area contributed by atoms with Crippen molar-refractivity contribution in [3.63, 3.8) is 0 Å². The van der Waals surface area contributed by atoms with Crippen LogP contribution in [0, 0.1) is 8.98 Å². The van der Waals surface area contributed by atoms with Gasteiger partial charge in [-0.25, -0.2) is 0 Å². The van der Waals surface area contributed by atoms with E-state index in [-0.39, 0.29) is 0 Å². The van der Waals surface area contributed by atoms with E-state index in [0.29, 0.717) is 0 Å². The van der Waals surface area contributed by atoms with Crippen LogP contribution in [0.4, 0.5) is 5.69 Å². The third kappa shape index (κ3) is 2.29. The van der Waals surface area contributed by atoms with E-state index in [1.807, 2.05) is 18.2 Å². The van der Waals surface area contributed by atoms with Crippen LogP contribution in [0.5, 0.6) is 0 Å². The standard InChI is InChI=1S/C7H6I2N2/c8-6-1-2-7(11-9)5(3-6)4-10/h1-4,10-11H. The molecule has 2 N–H and O–H groups in total. The fourth-order valence-electron chi connectivity index (χ4n) is 0.739. The topological polar surface area (TPSA) is 35.9 Å². The van der Waals surface area contributed by atoms with Gasteiger partial charge in [0.05, 0.1) is 28.6 Å². The second-order valence-electron chi connectivity index (χ2n) is 1.97. The Morgan fingerprint density at radius 2 is 2.18 bits per heavy atom. The molecule has 58 valence electrons. The van der Waals surface area contributed by atoms with Gasteiger partial charge in [0.1, 0.15) is 0 Å². The van der Waals surface area contributed by atoms with E-state index >= 15 is 0 Å². The molecule has 4 heteroatoms. The van der Waals surface area contributed by atoms with Crippen molar-refractivity contribution >= 4 is 57.4 Å². The second-order valence-corrected chi connectivity index (χ2v) is 3.76. The van der Waals surface area contributed by atoms with E-state index < -0.39 is 0 Å². The fraction of sp³-hybridized carbons (Fsp3) is 0. The first-order chi connectivity index (χ1) is 5.27. The molecule has 0 fully saturated rings. The number of anilines is 1. The lowest BCUT2D eigenvalue weighted by molar-refractivity contribution is 1.53. The van der Waals surface area contributed by atoms with Gasteiger partial charge in [-0.3, -0.25) is 0 Å². The van der Waals surface area contributed by atoms with Gasteiger partial charge in [-0.15, -0.1) is 0 Å². The zero-order valence-corrected chi connectivity index (χ0v) is 9.88. The molecule has 1 rings (SSSR count). The van der Waals surface area contributed by atoms with Crippen LogP contribution in [-0.2, 0) is 0 Å². The quantitative estimate of drug-likeness (QED) is 0.468. The van der Waals surface area contributed by atoms with Crippen LogP contribution < -0.4 is 3.53 Å². The molecular formula is C7H6I2N2. The Kier molecular flexibility index (Phi) is 3.57. The normalized spacial score (nSPS) is 9.27. The number of hydrogen-bond donors (Lipinski definition) is 2. The Balaban J connectivity index is 3.16. The summed E-state index contributed by atoms with van der Waals surface area (Å²) in [5.74, 6) is 0. The Hall–Kier alpha value is 0.150. The van der Waals surface area contributed by atoms with Gasteiger partial charge in [-0.2, -0.15) is 0 Å². The van der Waals surface area contributed by atoms with Crippen molar-refractivity contribution in [3.05, 3.63) is 27.3 Å². The van der Waals surface area contributed by atoms with Crippen LogP contribution in [0.25, 0.3) is 0 Å². The summed E-state index contributed by atoms with van der Waals surface area (Å²) in [4.78, 5) is 0. The molecule has 0 unspecified atom stereocenters. The summed E-state index contributed by atoms with van der Waals surface area (Å²) in [5, 5.41) is 7.11. The summed E-state index contributed by atoms with van der Waals surface area (Å²) in [6.45, 7) is 0. The predicted molar refractivity (Wildman–Crippen MR) is 64.7 cm³/mol. The molecule has 0 aliphatic heterocycles. The summed E-state index contributed by atoms with van der Waals surface area (Å²) in [5.41, 5.74) is 1.91. The van der Waals surface area contributed by atoms with Crippen molar-refractivity contribution in [3.8, 4) is 0 Å². The maximum Gasteiger partial charge on any atom is 0.0560 e. The van der Waals surface area contributed by atoms with E-state index in [1.54, 1.807) is 0 Å². The minimum atomic E-state index is 0.923. The lowest BCUT2D eigenvalue weighted by Crippen LogP contribution is -1.88. The van der Waals surface area contributed by atoms with Gasteiger partial charge in [0.15, 0.2) is 0 Å². The van der Waals surface area contributed by atoms with Crippen molar-refractivity contribution in [1.29, 1.82) is 5.41 Å². The van der Waals surface area contributed by atoms with Crippen molar-refractivity contribution in [2.24, 2.45) is 0 Å². The van der Waals surface area contributed by atoms with Crippen molar-refractivity contribution in [2.75, 3.05) is 3.53 Å². The van der Waals surface area contributed by atoms with E-state index in [9.17, 15) is 0 Å². The van der Waals surface area contributed by atoms with Crippen LogP contribution >= 0.6 is 45.5 Å². The van der Waals surface area contributed by atoms with Crippen molar-refractivity contribution in [2.45, 2.75) is 0 Å². The SMILES string of the molecule is N=Cc1cc(I)ccc1NI. The average molecular weight is 372 g/mol. The number of benzene rings is 1. The van der Waals surface area contributed by atoms with E-state index in [0.717, 1.165) is 14.8 Å². The van der Waals surface area contributed by atoms with Crippen molar-refractivity contribution in [1.82, 2.24) is 0 Å². The molecule has 11 heavy (non-hydrogen) atoms. The number of rotatable bonds is 2. The first-order valence-corrected chi connectivity index (χ1v) is 5.10. The van der Waals surface area contributed by atoms with Crippen LogP contribution in [0.15, 0.2) is 18.2 Å². The Morgan fingerprint density at radius 3 is 2.73 bits per heavy atom. The number of hydrogen-bond acceptors (Lipinski definition) is 2. The minimum absolute atomic E-state index is 0.923. The van der Waals surface area contributed by atoms with Gasteiger partial charge in [0, 0.05) is 15.3 Å². The Labute approximate surface area is 92.9 Å². The maximum atomic E-state index is 7.11. The maximum absolute atomic E-state index is 7.11. The molecule has 0 saturated heterocycles. The molecule has 0 atom stereocenters. The molecule has 0 spiro atoms. The molecule has 0 amide bonds. The van der Waals surface area contributed by atoms with Crippen LogP contribution in [-0.4, -0.2) is 6.21 Å². The smallest absolute Gasteiger partial charge is 0.0560 e. The highest BCUT2D eigenvalue weighted by atomic mass is 127. The number of halogens is 2. The molecule has 0 radical (unpaired) electrons. The molecule has 0 aromatic heterocycles. The molecule has 1 aromatic carbocycles. The summed E-state index contributed by atoms with van der Waals surface area (Å²) in [6.07, 6.45) is 1.35. The summed E-state index contributed by atoms with van der Waals surface area (Å²) >= 11 is 4.29. The zero-order valence-electron chi connectivity index (χ0n) is 5.57. The molecular weight excluding hydrogens is 366 g/mol. The van der Waals surface area contributed by atoms with E-state index in [4.69, 9.17) is 5.41 Å². The first kappa shape index (κ1) is 9.24. The molecule has 0 heterocycles. The molecule has 0 saturated carbocycles. The predicted octanol–water partition coefficient (Wildman–Crippen LogP) is 3.05. The minimum Gasteiger partial charge on any atom is -0.328 e. The van der Waals surface area contributed by atoms with Gasteiger partial charge in [-0.05, 0) is 40.8 Å². The van der Waals surface area contributed by atoms with Crippen LogP contribution in [0.3, 0.4) is 0 Å². The molecule has 0 aliphatic carbocycles. The molecule has 2 nitrogen and oxygen atoms in total. The highest BCUT2D eigenvalue weighted by molar-refractivity contribution is 14.1. The average Bonchev–Trinajstić information content (AvgIpc) is 2.04. The first-order valence-electron chi connectivity index (χ1n) is 2.94. The fourth-order valence-corrected chi connectivity index (χ4v) is 1.75. The van der Waals surface area contributed by atoms with E-state index in [2.05, 4.69) is 49.0 Å². The van der Waals surface area contributed by atoms with Gasteiger partial charge < -0.3 is 8.94 Å². The van der Waals surface area contributed by atoms with Gasteiger partial charge in [-0.1, -0.05) is 0 Å². The van der Waals surface area contributed by atoms with Crippen molar-refractivity contribution < 1.29 is 0 Å². The third-order valence-corrected chi connectivity index (χ3v) is 2.52. The highest BCUT2D eigenvalue weighted by Crippen LogP contribution is 2.17. The van der Waals surface area contributed by atoms with E-state index in [1.165, 1.54) is 6.21 Å². The van der Waals surface area contributed by atoms with Crippen LogP contribution in [0.1, 0.15) is 5.56 Å². The van der Waals surface area contributed by atoms with Gasteiger partial charge in [0.25, 0.3) is 0 Å². The van der Waals surface area contributed by atoms with Crippen LogP contribution in [0.2, 0.25) is 0 Å². The summed E-state index contributed by atoms with van der Waals surface area (Å²) in [7, 11) is 0. The Morgan fingerprint density at radius 1 is 1.45 bits per heavy atom. The molecule has 0 bridgehead atoms. The molecule has 0 aliphatic rings. The van der Waals surface area contributed by atoms with Gasteiger partial charge in [0.2, 0.25) is 0 Å². The largest absolute Gasteiger partial charge is 0.328 e. The highest BCUT2D eigenvalue weighted by Gasteiger charge is 1.97.